The zero-order valence-electron chi connectivity index (χ0n) is 9.21. The molecule has 1 aromatic carbocycles. The van der Waals surface area contributed by atoms with Gasteiger partial charge in [0.2, 0.25) is 0 Å². The van der Waals surface area contributed by atoms with Crippen LogP contribution >= 0.6 is 0 Å². The summed E-state index contributed by atoms with van der Waals surface area (Å²) in [7, 11) is 0. The molecule has 2 heterocycles. The largest absolute Gasteiger partial charge is 0.476 e. The molecule has 3 aromatic rings. The molecule has 0 amide bonds. The average molecular weight is 226 g/mol. The molecule has 0 bridgehead atoms. The van der Waals surface area contributed by atoms with Crippen LogP contribution in [0.5, 0.6) is 0 Å². The van der Waals surface area contributed by atoms with Crippen molar-refractivity contribution in [2.75, 3.05) is 0 Å². The van der Waals surface area contributed by atoms with Gasteiger partial charge in [-0.2, -0.15) is 0 Å². The maximum atomic E-state index is 10.9. The second kappa shape index (κ2) is 3.31. The minimum Gasteiger partial charge on any atom is -0.476 e. The number of aromatic nitrogens is 2. The molecular weight excluding hydrogens is 216 g/mol. The number of nitrogens with zero attached hydrogens (tertiary/aromatic N) is 2. The lowest BCUT2D eigenvalue weighted by atomic mass is 10.1. The Morgan fingerprint density at radius 2 is 2.12 bits per heavy atom. The molecule has 0 spiro atoms. The van der Waals surface area contributed by atoms with Crippen molar-refractivity contribution in [3.05, 3.63) is 47.8 Å². The molecule has 2 aromatic heterocycles. The van der Waals surface area contributed by atoms with Crippen LogP contribution in [0.1, 0.15) is 16.1 Å². The SMILES string of the molecule is Cc1ccc2c(ccc3nc(C(=O)O)cn32)c1. The minimum absolute atomic E-state index is 0.0677. The smallest absolute Gasteiger partial charge is 0.356 e. The summed E-state index contributed by atoms with van der Waals surface area (Å²) in [6.45, 7) is 2.03. The Morgan fingerprint density at radius 1 is 1.29 bits per heavy atom. The van der Waals surface area contributed by atoms with Crippen LogP contribution < -0.4 is 0 Å². The number of fused-ring (bicyclic) bond motifs is 3. The molecule has 1 N–H and O–H groups in total. The van der Waals surface area contributed by atoms with Crippen LogP contribution in [0, 0.1) is 6.92 Å². The Balaban J connectivity index is 2.42. The fraction of sp³-hybridized carbons (Fsp3) is 0.0769. The van der Waals surface area contributed by atoms with Gasteiger partial charge in [-0.25, -0.2) is 9.78 Å². The number of hydrogen-bond donors (Lipinski definition) is 1. The topological polar surface area (TPSA) is 54.6 Å². The summed E-state index contributed by atoms with van der Waals surface area (Å²) >= 11 is 0. The summed E-state index contributed by atoms with van der Waals surface area (Å²) in [5.41, 5.74) is 2.86. The number of carboxylic acids is 1. The number of pyridine rings is 1. The monoisotopic (exact) mass is 226 g/mol. The molecule has 84 valence electrons. The van der Waals surface area contributed by atoms with Crippen LogP contribution in [0.2, 0.25) is 0 Å². The molecule has 0 saturated carbocycles. The zero-order chi connectivity index (χ0) is 12.0. The van der Waals surface area contributed by atoms with E-state index in [4.69, 9.17) is 5.11 Å². The fourth-order valence-electron chi connectivity index (χ4n) is 2.00. The van der Waals surface area contributed by atoms with Crippen LogP contribution in [0.25, 0.3) is 16.6 Å². The predicted octanol–water partition coefficient (Wildman–Crippen LogP) is 2.49. The van der Waals surface area contributed by atoms with Gasteiger partial charge < -0.3 is 5.11 Å². The molecule has 4 heteroatoms. The average Bonchev–Trinajstić information content (AvgIpc) is 2.72. The lowest BCUT2D eigenvalue weighted by molar-refractivity contribution is 0.0691. The van der Waals surface area contributed by atoms with Crippen LogP contribution in [-0.2, 0) is 0 Å². The van der Waals surface area contributed by atoms with E-state index in [1.165, 1.54) is 5.56 Å². The van der Waals surface area contributed by atoms with E-state index >= 15 is 0 Å². The van der Waals surface area contributed by atoms with Crippen molar-refractivity contribution in [2.24, 2.45) is 0 Å². The molecule has 0 fully saturated rings. The second-order valence-corrected chi connectivity index (χ2v) is 4.06. The third-order valence-corrected chi connectivity index (χ3v) is 2.81. The second-order valence-electron chi connectivity index (χ2n) is 4.06. The van der Waals surface area contributed by atoms with E-state index in [0.717, 1.165) is 10.9 Å². The summed E-state index contributed by atoms with van der Waals surface area (Å²) in [5, 5.41) is 10.0. The first kappa shape index (κ1) is 9.84. The van der Waals surface area contributed by atoms with E-state index in [0.29, 0.717) is 5.65 Å². The van der Waals surface area contributed by atoms with Gasteiger partial charge in [0, 0.05) is 6.20 Å². The number of aromatic carboxylic acids is 1. The van der Waals surface area contributed by atoms with Crippen molar-refractivity contribution in [3.63, 3.8) is 0 Å². The summed E-state index contributed by atoms with van der Waals surface area (Å²) < 4.78 is 1.80. The molecule has 0 saturated heterocycles. The number of carboxylic acid groups (broad SMARTS) is 1. The van der Waals surface area contributed by atoms with E-state index < -0.39 is 5.97 Å². The molecule has 0 aliphatic heterocycles. The van der Waals surface area contributed by atoms with Gasteiger partial charge >= 0.3 is 5.97 Å². The van der Waals surface area contributed by atoms with E-state index in [2.05, 4.69) is 11.1 Å². The van der Waals surface area contributed by atoms with Crippen molar-refractivity contribution < 1.29 is 9.90 Å². The van der Waals surface area contributed by atoms with Gasteiger partial charge in [-0.1, -0.05) is 11.6 Å². The number of rotatable bonds is 1. The first-order valence-electron chi connectivity index (χ1n) is 5.27. The van der Waals surface area contributed by atoms with Crippen LogP contribution in [0.15, 0.2) is 36.5 Å². The number of aryl methyl sites for hydroxylation is 1. The molecule has 4 nitrogen and oxygen atoms in total. The van der Waals surface area contributed by atoms with Crippen molar-refractivity contribution in [2.45, 2.75) is 6.92 Å². The normalized spacial score (nSPS) is 11.1. The highest BCUT2D eigenvalue weighted by molar-refractivity contribution is 5.88. The van der Waals surface area contributed by atoms with Gasteiger partial charge in [0.05, 0.1) is 5.52 Å². The van der Waals surface area contributed by atoms with Crippen LogP contribution in [0.3, 0.4) is 0 Å². The zero-order valence-corrected chi connectivity index (χ0v) is 9.21. The molecular formula is C13H10N2O2. The quantitative estimate of drug-likeness (QED) is 0.693. The van der Waals surface area contributed by atoms with E-state index in [9.17, 15) is 4.79 Å². The number of carbonyl (C=O) groups is 1. The summed E-state index contributed by atoms with van der Waals surface area (Å²) in [6.07, 6.45) is 1.55. The number of hydrogen-bond acceptors (Lipinski definition) is 2. The Hall–Kier alpha value is -2.36. The van der Waals surface area contributed by atoms with Gasteiger partial charge in [0.15, 0.2) is 5.69 Å². The first-order chi connectivity index (χ1) is 8.15. The number of imidazole rings is 1. The van der Waals surface area contributed by atoms with Crippen molar-refractivity contribution in [1.29, 1.82) is 0 Å². The van der Waals surface area contributed by atoms with E-state index in [1.54, 1.807) is 10.6 Å². The van der Waals surface area contributed by atoms with Gasteiger partial charge in [-0.3, -0.25) is 4.40 Å². The third kappa shape index (κ3) is 1.45. The minimum atomic E-state index is -1.01. The van der Waals surface area contributed by atoms with Gasteiger partial charge in [0.25, 0.3) is 0 Å². The van der Waals surface area contributed by atoms with Crippen molar-refractivity contribution in [3.8, 4) is 0 Å². The highest BCUT2D eigenvalue weighted by Gasteiger charge is 2.09. The highest BCUT2D eigenvalue weighted by atomic mass is 16.4. The summed E-state index contributed by atoms with van der Waals surface area (Å²) in [4.78, 5) is 14.9. The van der Waals surface area contributed by atoms with E-state index in [1.807, 2.05) is 31.2 Å². The van der Waals surface area contributed by atoms with Crippen molar-refractivity contribution in [1.82, 2.24) is 9.38 Å². The Morgan fingerprint density at radius 3 is 2.88 bits per heavy atom. The fourth-order valence-corrected chi connectivity index (χ4v) is 2.00. The first-order valence-corrected chi connectivity index (χ1v) is 5.27. The lowest BCUT2D eigenvalue weighted by Gasteiger charge is -2.02. The molecule has 0 aliphatic rings. The number of benzene rings is 1. The molecule has 3 rings (SSSR count). The molecule has 0 atom stereocenters. The van der Waals surface area contributed by atoms with Gasteiger partial charge in [-0.15, -0.1) is 0 Å². The highest BCUT2D eigenvalue weighted by Crippen LogP contribution is 2.18. The van der Waals surface area contributed by atoms with Gasteiger partial charge in [0.1, 0.15) is 5.65 Å². The van der Waals surface area contributed by atoms with Crippen LogP contribution in [-0.4, -0.2) is 20.5 Å². The maximum Gasteiger partial charge on any atom is 0.356 e. The summed E-state index contributed by atoms with van der Waals surface area (Å²) in [5.74, 6) is -1.01. The van der Waals surface area contributed by atoms with Crippen molar-refractivity contribution >= 4 is 22.5 Å². The van der Waals surface area contributed by atoms with Gasteiger partial charge in [-0.05, 0) is 36.6 Å². The molecule has 0 unspecified atom stereocenters. The predicted molar refractivity (Wildman–Crippen MR) is 64.4 cm³/mol. The molecule has 0 aliphatic carbocycles. The third-order valence-electron chi connectivity index (χ3n) is 2.81. The van der Waals surface area contributed by atoms with E-state index in [-0.39, 0.29) is 5.69 Å². The molecule has 17 heavy (non-hydrogen) atoms. The molecule has 0 radical (unpaired) electrons. The Kier molecular flexibility index (Phi) is 1.92. The lowest BCUT2D eigenvalue weighted by Crippen LogP contribution is -1.94. The maximum absolute atomic E-state index is 10.9. The standard InChI is InChI=1S/C13H10N2O2/c1-8-2-4-11-9(6-8)3-5-12-14-10(13(16)17)7-15(11)12/h2-7H,1H3,(H,16,17). The summed E-state index contributed by atoms with van der Waals surface area (Å²) in [6, 6.07) is 9.83. The Bertz CT molecular complexity index is 744. The van der Waals surface area contributed by atoms with Crippen LogP contribution in [0.4, 0.5) is 0 Å². The Labute approximate surface area is 97.1 Å².